The number of hydrogen-bond acceptors (Lipinski definition) is 3. The molecule has 1 atom stereocenters. The van der Waals surface area contributed by atoms with Gasteiger partial charge in [-0.05, 0) is 37.1 Å². The molecule has 1 aromatic carbocycles. The minimum Gasteiger partial charge on any atom is -0.376 e. The van der Waals surface area contributed by atoms with Crippen molar-refractivity contribution in [2.75, 3.05) is 11.9 Å². The van der Waals surface area contributed by atoms with Crippen LogP contribution in [0.3, 0.4) is 0 Å². The molecular weight excluding hydrogens is 273 g/mol. The van der Waals surface area contributed by atoms with Crippen molar-refractivity contribution >= 4 is 11.6 Å². The van der Waals surface area contributed by atoms with Crippen LogP contribution in [0.4, 0.5) is 10.1 Å². The Bertz CT molecular complexity index is 618. The molecule has 1 saturated heterocycles. The summed E-state index contributed by atoms with van der Waals surface area (Å²) in [5.74, 6) is -0.650. The van der Waals surface area contributed by atoms with Crippen LogP contribution >= 0.6 is 0 Å². The number of halogens is 1. The molecule has 6 heteroatoms. The van der Waals surface area contributed by atoms with Gasteiger partial charge in [0, 0.05) is 18.4 Å². The van der Waals surface area contributed by atoms with Gasteiger partial charge in [0.05, 0.1) is 24.5 Å². The zero-order valence-electron chi connectivity index (χ0n) is 11.5. The first kappa shape index (κ1) is 13.8. The predicted octanol–water partition coefficient (Wildman–Crippen LogP) is 2.45. The average molecular weight is 289 g/mol. The van der Waals surface area contributed by atoms with E-state index in [0.29, 0.717) is 17.8 Å². The van der Waals surface area contributed by atoms with Crippen molar-refractivity contribution < 1.29 is 13.9 Å². The Morgan fingerprint density at radius 1 is 1.43 bits per heavy atom. The first-order valence-electron chi connectivity index (χ1n) is 6.92. The first-order valence-corrected chi connectivity index (χ1v) is 6.92. The summed E-state index contributed by atoms with van der Waals surface area (Å²) in [7, 11) is 0. The molecule has 1 amide bonds. The lowest BCUT2D eigenvalue weighted by atomic mass is 10.2. The van der Waals surface area contributed by atoms with E-state index in [4.69, 9.17) is 4.74 Å². The van der Waals surface area contributed by atoms with Crippen LogP contribution in [0.15, 0.2) is 36.7 Å². The normalized spacial score (nSPS) is 17.9. The van der Waals surface area contributed by atoms with Gasteiger partial charge in [-0.15, -0.1) is 0 Å². The predicted molar refractivity (Wildman–Crippen MR) is 75.6 cm³/mol. The summed E-state index contributed by atoms with van der Waals surface area (Å²) in [6.45, 7) is 1.49. The number of hydrogen-bond donors (Lipinski definition) is 1. The van der Waals surface area contributed by atoms with Crippen LogP contribution in [-0.4, -0.2) is 28.4 Å². The first-order chi connectivity index (χ1) is 10.2. The Morgan fingerprint density at radius 2 is 2.24 bits per heavy atom. The van der Waals surface area contributed by atoms with Gasteiger partial charge in [-0.25, -0.2) is 4.39 Å². The van der Waals surface area contributed by atoms with Crippen LogP contribution in [0, 0.1) is 5.82 Å². The summed E-state index contributed by atoms with van der Waals surface area (Å²) in [5, 5.41) is 6.94. The lowest BCUT2D eigenvalue weighted by Crippen LogP contribution is -2.15. The molecule has 110 valence electrons. The van der Waals surface area contributed by atoms with Crippen LogP contribution in [-0.2, 0) is 11.3 Å². The number of carbonyl (C=O) groups excluding carboxylic acids is 1. The van der Waals surface area contributed by atoms with Crippen molar-refractivity contribution in [2.45, 2.75) is 25.5 Å². The molecule has 0 radical (unpaired) electrons. The molecular formula is C15H16FN3O2. The second kappa shape index (κ2) is 6.05. The molecule has 2 aromatic rings. The van der Waals surface area contributed by atoms with Gasteiger partial charge in [-0.2, -0.15) is 5.10 Å². The molecule has 0 aliphatic carbocycles. The highest BCUT2D eigenvalue weighted by atomic mass is 19.1. The number of amides is 1. The Kier molecular flexibility index (Phi) is 3.96. The van der Waals surface area contributed by atoms with Crippen molar-refractivity contribution in [1.29, 1.82) is 0 Å². The third-order valence-electron chi connectivity index (χ3n) is 3.41. The third-order valence-corrected chi connectivity index (χ3v) is 3.41. The lowest BCUT2D eigenvalue weighted by molar-refractivity contribution is 0.0940. The van der Waals surface area contributed by atoms with E-state index >= 15 is 0 Å². The monoisotopic (exact) mass is 289 g/mol. The molecule has 5 nitrogen and oxygen atoms in total. The summed E-state index contributed by atoms with van der Waals surface area (Å²) in [5.41, 5.74) is 1.02. The zero-order chi connectivity index (χ0) is 14.7. The second-order valence-electron chi connectivity index (χ2n) is 5.05. The van der Waals surface area contributed by atoms with Gasteiger partial charge < -0.3 is 10.1 Å². The average Bonchev–Trinajstić information content (AvgIpc) is 3.12. The molecule has 0 saturated carbocycles. The summed E-state index contributed by atoms with van der Waals surface area (Å²) in [6.07, 6.45) is 5.68. The molecule has 1 aromatic heterocycles. The number of benzene rings is 1. The van der Waals surface area contributed by atoms with E-state index in [0.717, 1.165) is 19.4 Å². The molecule has 0 spiro atoms. The van der Waals surface area contributed by atoms with E-state index in [2.05, 4.69) is 10.4 Å². The van der Waals surface area contributed by atoms with E-state index in [1.54, 1.807) is 17.1 Å². The smallest absolute Gasteiger partial charge is 0.255 e. The standard InChI is InChI=1S/C15H16FN3O2/c16-12-5-3-11(4-6-12)15(20)18-13-8-17-19(9-13)10-14-2-1-7-21-14/h3-6,8-9,14H,1-2,7,10H2,(H,18,20). The maximum atomic E-state index is 12.8. The van der Waals surface area contributed by atoms with Gasteiger partial charge in [-0.3, -0.25) is 9.48 Å². The molecule has 1 unspecified atom stereocenters. The molecule has 21 heavy (non-hydrogen) atoms. The van der Waals surface area contributed by atoms with Gasteiger partial charge in [0.25, 0.3) is 5.91 Å². The fourth-order valence-electron chi connectivity index (χ4n) is 2.33. The van der Waals surface area contributed by atoms with Crippen molar-refractivity contribution in [2.24, 2.45) is 0 Å². The minimum atomic E-state index is -0.365. The number of carbonyl (C=O) groups is 1. The Hall–Kier alpha value is -2.21. The van der Waals surface area contributed by atoms with E-state index in [-0.39, 0.29) is 17.8 Å². The van der Waals surface area contributed by atoms with Crippen LogP contribution in [0.25, 0.3) is 0 Å². The number of rotatable bonds is 4. The van der Waals surface area contributed by atoms with E-state index < -0.39 is 0 Å². The zero-order valence-corrected chi connectivity index (χ0v) is 11.5. The third kappa shape index (κ3) is 3.46. The van der Waals surface area contributed by atoms with Crippen LogP contribution in [0.1, 0.15) is 23.2 Å². The van der Waals surface area contributed by atoms with Gasteiger partial charge in [0.2, 0.25) is 0 Å². The highest BCUT2D eigenvalue weighted by molar-refractivity contribution is 6.04. The number of aromatic nitrogens is 2. The van der Waals surface area contributed by atoms with Gasteiger partial charge in [0.1, 0.15) is 5.82 Å². The number of ether oxygens (including phenoxy) is 1. The minimum absolute atomic E-state index is 0.200. The molecule has 1 aliphatic heterocycles. The van der Waals surface area contributed by atoms with Crippen LogP contribution in [0.5, 0.6) is 0 Å². The van der Waals surface area contributed by atoms with Crippen LogP contribution < -0.4 is 5.32 Å². The topological polar surface area (TPSA) is 56.2 Å². The van der Waals surface area contributed by atoms with Gasteiger partial charge >= 0.3 is 0 Å². The molecule has 2 heterocycles. The molecule has 1 fully saturated rings. The Labute approximate surface area is 121 Å². The molecule has 1 aliphatic rings. The lowest BCUT2D eigenvalue weighted by Gasteiger charge is -2.08. The molecule has 1 N–H and O–H groups in total. The van der Waals surface area contributed by atoms with E-state index in [1.165, 1.54) is 24.3 Å². The number of nitrogens with one attached hydrogen (secondary N) is 1. The van der Waals surface area contributed by atoms with Crippen molar-refractivity contribution in [1.82, 2.24) is 9.78 Å². The van der Waals surface area contributed by atoms with Crippen LogP contribution in [0.2, 0.25) is 0 Å². The Morgan fingerprint density at radius 3 is 2.95 bits per heavy atom. The highest BCUT2D eigenvalue weighted by Gasteiger charge is 2.16. The molecule has 0 bridgehead atoms. The maximum Gasteiger partial charge on any atom is 0.255 e. The summed E-state index contributed by atoms with van der Waals surface area (Å²) >= 11 is 0. The number of nitrogens with zero attached hydrogens (tertiary/aromatic N) is 2. The van der Waals surface area contributed by atoms with Gasteiger partial charge in [0.15, 0.2) is 0 Å². The van der Waals surface area contributed by atoms with Crippen molar-refractivity contribution in [3.8, 4) is 0 Å². The largest absolute Gasteiger partial charge is 0.376 e. The molecule has 3 rings (SSSR count). The maximum absolute atomic E-state index is 12.8. The fraction of sp³-hybridized carbons (Fsp3) is 0.333. The van der Waals surface area contributed by atoms with E-state index in [1.807, 2.05) is 0 Å². The highest BCUT2D eigenvalue weighted by Crippen LogP contribution is 2.15. The number of anilines is 1. The van der Waals surface area contributed by atoms with Crippen molar-refractivity contribution in [3.05, 3.63) is 48.0 Å². The van der Waals surface area contributed by atoms with Crippen molar-refractivity contribution in [3.63, 3.8) is 0 Å². The van der Waals surface area contributed by atoms with Gasteiger partial charge in [-0.1, -0.05) is 0 Å². The summed E-state index contributed by atoms with van der Waals surface area (Å²) in [4.78, 5) is 12.0. The SMILES string of the molecule is O=C(Nc1cnn(CC2CCCO2)c1)c1ccc(F)cc1. The second-order valence-corrected chi connectivity index (χ2v) is 5.05. The summed E-state index contributed by atoms with van der Waals surface area (Å²) < 4.78 is 20.1. The van der Waals surface area contributed by atoms with E-state index in [9.17, 15) is 9.18 Å². The Balaban J connectivity index is 1.61. The quantitative estimate of drug-likeness (QED) is 0.940. The summed E-state index contributed by atoms with van der Waals surface area (Å²) in [6, 6.07) is 5.41. The fourth-order valence-corrected chi connectivity index (χ4v) is 2.33.